The van der Waals surface area contributed by atoms with E-state index < -0.39 is 0 Å². The van der Waals surface area contributed by atoms with Crippen LogP contribution < -0.4 is 5.73 Å². The normalized spacial score (nSPS) is 33.9. The number of rotatable bonds is 1. The van der Waals surface area contributed by atoms with Gasteiger partial charge >= 0.3 is 0 Å². The van der Waals surface area contributed by atoms with Crippen molar-refractivity contribution in [2.45, 2.75) is 44.8 Å². The standard InChI is InChI=1S/C11H21N3O/c1-8-6-13-5-3-4-10(13)7-14(8)11(15)9(2)12/h8-10H,3-7,12H2,1-2H3/t8?,9-,10?/m0/s1. The van der Waals surface area contributed by atoms with Crippen molar-refractivity contribution in [3.63, 3.8) is 0 Å². The lowest BCUT2D eigenvalue weighted by Gasteiger charge is -2.42. The van der Waals surface area contributed by atoms with E-state index in [1.54, 1.807) is 6.92 Å². The van der Waals surface area contributed by atoms with E-state index in [1.165, 1.54) is 19.4 Å². The van der Waals surface area contributed by atoms with Crippen molar-refractivity contribution in [2.24, 2.45) is 5.73 Å². The van der Waals surface area contributed by atoms with Crippen molar-refractivity contribution in [1.82, 2.24) is 9.80 Å². The van der Waals surface area contributed by atoms with Gasteiger partial charge in [-0.15, -0.1) is 0 Å². The molecule has 0 radical (unpaired) electrons. The summed E-state index contributed by atoms with van der Waals surface area (Å²) in [6.07, 6.45) is 2.51. The SMILES string of the molecule is CC1CN2CCCC2CN1C(=O)[C@H](C)N. The second kappa shape index (κ2) is 4.10. The van der Waals surface area contributed by atoms with Gasteiger partial charge in [-0.1, -0.05) is 0 Å². The Balaban J connectivity index is 2.04. The zero-order valence-corrected chi connectivity index (χ0v) is 9.65. The minimum absolute atomic E-state index is 0.106. The Kier molecular flexibility index (Phi) is 2.98. The zero-order chi connectivity index (χ0) is 11.0. The van der Waals surface area contributed by atoms with E-state index in [0.29, 0.717) is 12.1 Å². The fourth-order valence-electron chi connectivity index (χ4n) is 2.76. The first kappa shape index (κ1) is 10.9. The van der Waals surface area contributed by atoms with Crippen molar-refractivity contribution in [3.8, 4) is 0 Å². The minimum atomic E-state index is -0.361. The molecular weight excluding hydrogens is 190 g/mol. The smallest absolute Gasteiger partial charge is 0.239 e. The number of amides is 1. The third kappa shape index (κ3) is 2.01. The number of nitrogens with two attached hydrogens (primary N) is 1. The highest BCUT2D eigenvalue weighted by atomic mass is 16.2. The summed E-state index contributed by atoms with van der Waals surface area (Å²) in [6, 6.07) is 0.544. The molecule has 2 N–H and O–H groups in total. The molecular formula is C11H21N3O. The lowest BCUT2D eigenvalue weighted by molar-refractivity contribution is -0.137. The van der Waals surface area contributed by atoms with Gasteiger partial charge in [0.05, 0.1) is 6.04 Å². The van der Waals surface area contributed by atoms with Crippen LogP contribution in [-0.2, 0) is 4.79 Å². The first-order valence-electron chi connectivity index (χ1n) is 5.89. The highest BCUT2D eigenvalue weighted by Crippen LogP contribution is 2.24. The highest BCUT2D eigenvalue weighted by Gasteiger charge is 2.36. The number of piperazine rings is 1. The van der Waals surface area contributed by atoms with E-state index in [2.05, 4.69) is 11.8 Å². The van der Waals surface area contributed by atoms with Crippen molar-refractivity contribution >= 4 is 5.91 Å². The maximum Gasteiger partial charge on any atom is 0.239 e. The average Bonchev–Trinajstić information content (AvgIpc) is 2.62. The van der Waals surface area contributed by atoms with Crippen LogP contribution in [0.4, 0.5) is 0 Å². The molecule has 2 aliphatic heterocycles. The maximum absolute atomic E-state index is 11.9. The van der Waals surface area contributed by atoms with Crippen molar-refractivity contribution < 1.29 is 4.79 Å². The third-order valence-corrected chi connectivity index (χ3v) is 3.61. The summed E-state index contributed by atoms with van der Waals surface area (Å²) in [5.41, 5.74) is 5.66. The van der Waals surface area contributed by atoms with E-state index in [-0.39, 0.29) is 11.9 Å². The topological polar surface area (TPSA) is 49.6 Å². The number of carbonyl (C=O) groups excluding carboxylic acids is 1. The molecule has 0 aromatic heterocycles. The molecule has 2 aliphatic rings. The number of hydrogen-bond acceptors (Lipinski definition) is 3. The van der Waals surface area contributed by atoms with Gasteiger partial charge in [-0.2, -0.15) is 0 Å². The van der Waals surface area contributed by atoms with Crippen LogP contribution in [-0.4, -0.2) is 53.5 Å². The molecule has 0 saturated carbocycles. The quantitative estimate of drug-likeness (QED) is 0.665. The maximum atomic E-state index is 11.9. The Morgan fingerprint density at radius 3 is 2.87 bits per heavy atom. The van der Waals surface area contributed by atoms with Crippen LogP contribution >= 0.6 is 0 Å². The Hall–Kier alpha value is -0.610. The predicted octanol–water partition coefficient (Wildman–Crippen LogP) is 0.0287. The summed E-state index contributed by atoms with van der Waals surface area (Å²) in [5, 5.41) is 0. The Morgan fingerprint density at radius 2 is 2.20 bits per heavy atom. The Morgan fingerprint density at radius 1 is 1.47 bits per heavy atom. The Labute approximate surface area is 91.4 Å². The van der Waals surface area contributed by atoms with E-state index in [4.69, 9.17) is 5.73 Å². The molecule has 2 unspecified atom stereocenters. The summed E-state index contributed by atoms with van der Waals surface area (Å²) >= 11 is 0. The minimum Gasteiger partial charge on any atom is -0.336 e. The van der Waals surface area contributed by atoms with Gasteiger partial charge in [-0.25, -0.2) is 0 Å². The molecule has 4 nitrogen and oxygen atoms in total. The fraction of sp³-hybridized carbons (Fsp3) is 0.909. The molecule has 2 fully saturated rings. The van der Waals surface area contributed by atoms with Crippen LogP contribution in [0.1, 0.15) is 26.7 Å². The molecule has 0 aliphatic carbocycles. The van der Waals surface area contributed by atoms with E-state index in [0.717, 1.165) is 13.1 Å². The van der Waals surface area contributed by atoms with Gasteiger partial charge in [0, 0.05) is 25.2 Å². The lowest BCUT2D eigenvalue weighted by Crippen LogP contribution is -2.59. The largest absolute Gasteiger partial charge is 0.336 e. The first-order chi connectivity index (χ1) is 7.09. The van der Waals surface area contributed by atoms with E-state index in [1.807, 2.05) is 4.90 Å². The summed E-state index contributed by atoms with van der Waals surface area (Å²) in [6.45, 7) is 6.99. The Bertz CT molecular complexity index is 254. The van der Waals surface area contributed by atoms with Crippen LogP contribution in [0, 0.1) is 0 Å². The number of nitrogens with zero attached hydrogens (tertiary/aromatic N) is 2. The lowest BCUT2D eigenvalue weighted by atomic mass is 10.1. The van der Waals surface area contributed by atoms with Crippen LogP contribution in [0.15, 0.2) is 0 Å². The predicted molar refractivity (Wildman–Crippen MR) is 59.4 cm³/mol. The number of carbonyl (C=O) groups is 1. The zero-order valence-electron chi connectivity index (χ0n) is 9.65. The summed E-state index contributed by atoms with van der Waals surface area (Å²) < 4.78 is 0. The molecule has 0 spiro atoms. The van der Waals surface area contributed by atoms with Crippen molar-refractivity contribution in [1.29, 1.82) is 0 Å². The second-order valence-electron chi connectivity index (χ2n) is 4.92. The van der Waals surface area contributed by atoms with Gasteiger partial charge in [-0.05, 0) is 33.2 Å². The molecule has 3 atom stereocenters. The fourth-order valence-corrected chi connectivity index (χ4v) is 2.76. The molecule has 0 aromatic carbocycles. The summed E-state index contributed by atoms with van der Waals surface area (Å²) in [7, 11) is 0. The molecule has 2 saturated heterocycles. The molecule has 1 amide bonds. The number of hydrogen-bond donors (Lipinski definition) is 1. The molecule has 0 aromatic rings. The molecule has 15 heavy (non-hydrogen) atoms. The van der Waals surface area contributed by atoms with Gasteiger partial charge < -0.3 is 10.6 Å². The van der Waals surface area contributed by atoms with Gasteiger partial charge in [0.25, 0.3) is 0 Å². The second-order valence-corrected chi connectivity index (χ2v) is 4.92. The van der Waals surface area contributed by atoms with Crippen molar-refractivity contribution in [2.75, 3.05) is 19.6 Å². The molecule has 0 bridgehead atoms. The van der Waals surface area contributed by atoms with Crippen molar-refractivity contribution in [3.05, 3.63) is 0 Å². The molecule has 4 heteroatoms. The van der Waals surface area contributed by atoms with E-state index in [9.17, 15) is 4.79 Å². The van der Waals surface area contributed by atoms with E-state index >= 15 is 0 Å². The molecule has 86 valence electrons. The van der Waals surface area contributed by atoms with Crippen LogP contribution in [0.3, 0.4) is 0 Å². The van der Waals surface area contributed by atoms with Gasteiger partial charge in [0.2, 0.25) is 5.91 Å². The van der Waals surface area contributed by atoms with Gasteiger partial charge in [0.15, 0.2) is 0 Å². The van der Waals surface area contributed by atoms with Gasteiger partial charge in [-0.3, -0.25) is 9.69 Å². The summed E-state index contributed by atoms with van der Waals surface area (Å²) in [5.74, 6) is 0.106. The molecule has 2 rings (SSSR count). The van der Waals surface area contributed by atoms with Crippen LogP contribution in [0.25, 0.3) is 0 Å². The third-order valence-electron chi connectivity index (χ3n) is 3.61. The monoisotopic (exact) mass is 211 g/mol. The summed E-state index contributed by atoms with van der Waals surface area (Å²) in [4.78, 5) is 16.4. The van der Waals surface area contributed by atoms with Gasteiger partial charge in [0.1, 0.15) is 0 Å². The molecule has 2 heterocycles. The highest BCUT2D eigenvalue weighted by molar-refractivity contribution is 5.81. The average molecular weight is 211 g/mol. The van der Waals surface area contributed by atoms with Crippen LogP contribution in [0.5, 0.6) is 0 Å². The first-order valence-corrected chi connectivity index (χ1v) is 5.89. The van der Waals surface area contributed by atoms with Crippen LogP contribution in [0.2, 0.25) is 0 Å². The number of fused-ring (bicyclic) bond motifs is 1.